The van der Waals surface area contributed by atoms with Crippen molar-refractivity contribution in [2.45, 2.75) is 84.6 Å². The molecule has 0 saturated heterocycles. The van der Waals surface area contributed by atoms with Gasteiger partial charge in [-0.1, -0.05) is 70.4 Å². The molecule has 0 radical (unpaired) electrons. The molecular weight excluding hydrogens is 198 g/mol. The molecular formula is C14H29NO. The van der Waals surface area contributed by atoms with Crippen LogP contribution in [0.15, 0.2) is 5.18 Å². The zero-order valence-corrected chi connectivity index (χ0v) is 11.4. The first kappa shape index (κ1) is 15.6. The van der Waals surface area contributed by atoms with Crippen molar-refractivity contribution in [3.63, 3.8) is 0 Å². The highest BCUT2D eigenvalue weighted by Crippen LogP contribution is 2.17. The van der Waals surface area contributed by atoms with Crippen molar-refractivity contribution < 1.29 is 0 Å². The third-order valence-corrected chi connectivity index (χ3v) is 3.22. The molecule has 0 N–H and O–H groups in total. The minimum atomic E-state index is -0.000413. The van der Waals surface area contributed by atoms with Crippen LogP contribution in [-0.2, 0) is 0 Å². The van der Waals surface area contributed by atoms with Gasteiger partial charge < -0.3 is 0 Å². The molecule has 96 valence electrons. The van der Waals surface area contributed by atoms with Crippen molar-refractivity contribution >= 4 is 0 Å². The summed E-state index contributed by atoms with van der Waals surface area (Å²) in [5, 5.41) is 3.06. The Balaban J connectivity index is 3.21. The van der Waals surface area contributed by atoms with E-state index in [0.29, 0.717) is 5.92 Å². The molecule has 2 heteroatoms. The molecule has 0 fully saturated rings. The van der Waals surface area contributed by atoms with E-state index in [0.717, 1.165) is 6.42 Å². The van der Waals surface area contributed by atoms with Gasteiger partial charge in [0.25, 0.3) is 0 Å². The van der Waals surface area contributed by atoms with Crippen LogP contribution in [0.5, 0.6) is 0 Å². The fraction of sp³-hybridized carbons (Fsp3) is 1.00. The van der Waals surface area contributed by atoms with Gasteiger partial charge in [0.2, 0.25) is 0 Å². The Bertz CT molecular complexity index is 159. The third-order valence-electron chi connectivity index (χ3n) is 3.22. The topological polar surface area (TPSA) is 29.4 Å². The van der Waals surface area contributed by atoms with E-state index < -0.39 is 0 Å². The monoisotopic (exact) mass is 227 g/mol. The van der Waals surface area contributed by atoms with Gasteiger partial charge in [0.15, 0.2) is 0 Å². The van der Waals surface area contributed by atoms with Crippen molar-refractivity contribution in [3.05, 3.63) is 4.91 Å². The van der Waals surface area contributed by atoms with E-state index in [-0.39, 0.29) is 6.04 Å². The second-order valence-corrected chi connectivity index (χ2v) is 5.21. The lowest BCUT2D eigenvalue weighted by Gasteiger charge is -2.11. The number of unbranched alkanes of at least 4 members (excludes halogenated alkanes) is 6. The van der Waals surface area contributed by atoms with Gasteiger partial charge in [-0.2, -0.15) is 4.91 Å². The van der Waals surface area contributed by atoms with E-state index in [4.69, 9.17) is 0 Å². The Labute approximate surface area is 101 Å². The maximum atomic E-state index is 10.3. The van der Waals surface area contributed by atoms with Gasteiger partial charge in [-0.3, -0.25) is 0 Å². The lowest BCUT2D eigenvalue weighted by Crippen LogP contribution is -2.05. The predicted molar refractivity (Wildman–Crippen MR) is 71.6 cm³/mol. The molecule has 0 aliphatic rings. The van der Waals surface area contributed by atoms with Crippen molar-refractivity contribution in [1.29, 1.82) is 0 Å². The Morgan fingerprint density at radius 2 is 1.50 bits per heavy atom. The Kier molecular flexibility index (Phi) is 10.8. The van der Waals surface area contributed by atoms with Crippen LogP contribution in [0.3, 0.4) is 0 Å². The fourth-order valence-electron chi connectivity index (χ4n) is 2.19. The molecule has 0 spiro atoms. The van der Waals surface area contributed by atoms with Crippen LogP contribution in [0.1, 0.15) is 78.6 Å². The van der Waals surface area contributed by atoms with Crippen LogP contribution >= 0.6 is 0 Å². The van der Waals surface area contributed by atoms with Crippen LogP contribution < -0.4 is 0 Å². The van der Waals surface area contributed by atoms with Crippen LogP contribution in [0.2, 0.25) is 0 Å². The first-order valence-corrected chi connectivity index (χ1v) is 7.03. The zero-order chi connectivity index (χ0) is 12.2. The number of nitroso groups, excluding NO2 is 1. The van der Waals surface area contributed by atoms with Crippen LogP contribution in [0.4, 0.5) is 0 Å². The molecule has 2 atom stereocenters. The maximum Gasteiger partial charge on any atom is 0.0894 e. The van der Waals surface area contributed by atoms with E-state index >= 15 is 0 Å². The van der Waals surface area contributed by atoms with Gasteiger partial charge in [0.05, 0.1) is 6.04 Å². The average Bonchev–Trinajstić information content (AvgIpc) is 2.27. The highest BCUT2D eigenvalue weighted by molar-refractivity contribution is 4.64. The van der Waals surface area contributed by atoms with E-state index in [1.807, 2.05) is 6.92 Å². The lowest BCUT2D eigenvalue weighted by molar-refractivity contribution is 0.426. The molecule has 0 aromatic heterocycles. The van der Waals surface area contributed by atoms with Gasteiger partial charge in [-0.05, 0) is 19.3 Å². The second-order valence-electron chi connectivity index (χ2n) is 5.21. The molecule has 16 heavy (non-hydrogen) atoms. The molecule has 0 aliphatic carbocycles. The summed E-state index contributed by atoms with van der Waals surface area (Å²) in [6.45, 7) is 6.40. The summed E-state index contributed by atoms with van der Waals surface area (Å²) in [6.07, 6.45) is 11.8. The molecule has 0 rings (SSSR count). The van der Waals surface area contributed by atoms with Crippen LogP contribution in [-0.4, -0.2) is 6.04 Å². The Morgan fingerprint density at radius 3 is 2.06 bits per heavy atom. The third kappa shape index (κ3) is 10.1. The van der Waals surface area contributed by atoms with Crippen LogP contribution in [0, 0.1) is 10.8 Å². The van der Waals surface area contributed by atoms with Gasteiger partial charge in [0, 0.05) is 0 Å². The smallest absolute Gasteiger partial charge is 0.0894 e. The summed E-state index contributed by atoms with van der Waals surface area (Å²) in [7, 11) is 0. The molecule has 0 bridgehead atoms. The average molecular weight is 227 g/mol. The first-order valence-electron chi connectivity index (χ1n) is 7.03. The van der Waals surface area contributed by atoms with Gasteiger partial charge >= 0.3 is 0 Å². The van der Waals surface area contributed by atoms with Crippen molar-refractivity contribution in [3.8, 4) is 0 Å². The highest BCUT2D eigenvalue weighted by atomic mass is 16.3. The number of nitrogens with zero attached hydrogens (tertiary/aromatic N) is 1. The van der Waals surface area contributed by atoms with E-state index in [9.17, 15) is 4.91 Å². The van der Waals surface area contributed by atoms with Gasteiger partial charge in [0.1, 0.15) is 0 Å². The number of rotatable bonds is 11. The van der Waals surface area contributed by atoms with Crippen molar-refractivity contribution in [2.24, 2.45) is 11.1 Å². The first-order chi connectivity index (χ1) is 7.70. The summed E-state index contributed by atoms with van der Waals surface area (Å²) in [5.41, 5.74) is 0. The number of hydrogen-bond acceptors (Lipinski definition) is 2. The quantitative estimate of drug-likeness (QED) is 0.347. The Hall–Kier alpha value is -0.400. The molecule has 0 amide bonds. The Morgan fingerprint density at radius 1 is 0.938 bits per heavy atom. The molecule has 0 heterocycles. The predicted octanol–water partition coefficient (Wildman–Crippen LogP) is 5.31. The maximum absolute atomic E-state index is 10.3. The number of hydrogen-bond donors (Lipinski definition) is 0. The molecule has 0 aromatic carbocycles. The highest BCUT2D eigenvalue weighted by Gasteiger charge is 2.07. The minimum Gasteiger partial charge on any atom is -0.151 e. The zero-order valence-electron chi connectivity index (χ0n) is 11.4. The lowest BCUT2D eigenvalue weighted by atomic mass is 9.96. The van der Waals surface area contributed by atoms with Gasteiger partial charge in [-0.15, -0.1) is 0 Å². The van der Waals surface area contributed by atoms with E-state index in [1.165, 1.54) is 51.4 Å². The van der Waals surface area contributed by atoms with Crippen LogP contribution in [0.25, 0.3) is 0 Å². The molecule has 0 aromatic rings. The summed E-state index contributed by atoms with van der Waals surface area (Å²) >= 11 is 0. The van der Waals surface area contributed by atoms with Gasteiger partial charge in [-0.25, -0.2) is 0 Å². The largest absolute Gasteiger partial charge is 0.151 e. The normalized spacial score (nSPS) is 14.7. The SMILES string of the molecule is CCCCCCCCCC(C)CC(C)N=O. The van der Waals surface area contributed by atoms with Crippen molar-refractivity contribution in [2.75, 3.05) is 0 Å². The summed E-state index contributed by atoms with van der Waals surface area (Å²) in [4.78, 5) is 10.3. The van der Waals surface area contributed by atoms with Crippen molar-refractivity contribution in [1.82, 2.24) is 0 Å². The van der Waals surface area contributed by atoms with E-state index in [1.54, 1.807) is 0 Å². The molecule has 2 nitrogen and oxygen atoms in total. The standard InChI is InChI=1S/C14H29NO/c1-4-5-6-7-8-9-10-11-13(2)12-14(3)15-16/h13-14H,4-12H2,1-3H3. The summed E-state index contributed by atoms with van der Waals surface area (Å²) in [6, 6.07) is -0.000413. The summed E-state index contributed by atoms with van der Waals surface area (Å²) in [5.74, 6) is 0.656. The summed E-state index contributed by atoms with van der Waals surface area (Å²) < 4.78 is 0. The molecule has 0 aliphatic heterocycles. The molecule has 0 saturated carbocycles. The molecule has 2 unspecified atom stereocenters. The van der Waals surface area contributed by atoms with E-state index in [2.05, 4.69) is 19.0 Å². The second kappa shape index (κ2) is 11.1. The fourth-order valence-corrected chi connectivity index (χ4v) is 2.19. The minimum absolute atomic E-state index is 0.000413.